The van der Waals surface area contributed by atoms with E-state index in [-0.39, 0.29) is 5.97 Å². The fourth-order valence-corrected chi connectivity index (χ4v) is 3.32. The van der Waals surface area contributed by atoms with Crippen molar-refractivity contribution >= 4 is 27.4 Å². The number of ether oxygens (including phenoxy) is 3. The molecule has 0 fully saturated rings. The lowest BCUT2D eigenvalue weighted by Crippen LogP contribution is -2.01. The number of carbonyl (C=O) groups is 1. The van der Waals surface area contributed by atoms with E-state index in [1.165, 1.54) is 11.3 Å². The lowest BCUT2D eigenvalue weighted by molar-refractivity contribution is 0.0532. The van der Waals surface area contributed by atoms with E-state index in [0.29, 0.717) is 29.6 Å². The van der Waals surface area contributed by atoms with Gasteiger partial charge in [0, 0.05) is 10.8 Å². The molecule has 0 bridgehead atoms. The highest BCUT2D eigenvalue weighted by atomic mass is 32.1. The molecule has 0 unspecified atom stereocenters. The monoisotopic (exact) mass is 342 g/mol. The van der Waals surface area contributed by atoms with E-state index in [9.17, 15) is 4.79 Å². The van der Waals surface area contributed by atoms with Crippen LogP contribution in [0.2, 0.25) is 0 Å². The minimum absolute atomic E-state index is 0.301. The Bertz CT molecular complexity index is 839. The highest BCUT2D eigenvalue weighted by molar-refractivity contribution is 7.20. The van der Waals surface area contributed by atoms with Gasteiger partial charge in [-0.2, -0.15) is 0 Å². The van der Waals surface area contributed by atoms with Crippen molar-refractivity contribution in [2.45, 2.75) is 13.5 Å². The van der Waals surface area contributed by atoms with Crippen molar-refractivity contribution in [2.24, 2.45) is 0 Å². The lowest BCUT2D eigenvalue weighted by Gasteiger charge is -2.11. The molecule has 0 saturated heterocycles. The van der Waals surface area contributed by atoms with Crippen molar-refractivity contribution in [2.75, 3.05) is 13.7 Å². The summed E-state index contributed by atoms with van der Waals surface area (Å²) in [5, 5.41) is 0.937. The summed E-state index contributed by atoms with van der Waals surface area (Å²) < 4.78 is 17.3. The average molecular weight is 342 g/mol. The van der Waals surface area contributed by atoms with Gasteiger partial charge >= 0.3 is 5.97 Å². The third-order valence-corrected chi connectivity index (χ3v) is 4.59. The molecule has 3 aromatic rings. The van der Waals surface area contributed by atoms with Crippen molar-refractivity contribution in [1.82, 2.24) is 0 Å². The molecule has 0 N–H and O–H groups in total. The first kappa shape index (κ1) is 16.3. The van der Waals surface area contributed by atoms with E-state index in [1.54, 1.807) is 14.0 Å². The molecule has 5 heteroatoms. The molecule has 124 valence electrons. The number of fused-ring (bicyclic) bond motifs is 1. The number of carbonyl (C=O) groups excluding carboxylic acids is 1. The summed E-state index contributed by atoms with van der Waals surface area (Å²) in [5.41, 5.74) is 1.08. The summed E-state index contributed by atoms with van der Waals surface area (Å²) in [4.78, 5) is 12.5. The first-order chi connectivity index (χ1) is 11.7. The van der Waals surface area contributed by atoms with Gasteiger partial charge in [-0.1, -0.05) is 30.3 Å². The highest BCUT2D eigenvalue weighted by Gasteiger charge is 2.14. The van der Waals surface area contributed by atoms with Crippen molar-refractivity contribution in [3.8, 4) is 11.5 Å². The second-order valence-corrected chi connectivity index (χ2v) is 6.23. The van der Waals surface area contributed by atoms with Crippen LogP contribution in [0.3, 0.4) is 0 Å². The molecule has 1 aromatic heterocycles. The molecule has 2 aromatic carbocycles. The third kappa shape index (κ3) is 3.51. The third-order valence-electron chi connectivity index (χ3n) is 3.52. The van der Waals surface area contributed by atoms with Crippen LogP contribution in [0.1, 0.15) is 22.2 Å². The molecule has 4 nitrogen and oxygen atoms in total. The Morgan fingerprint density at radius 3 is 2.58 bits per heavy atom. The molecule has 1 heterocycles. The number of hydrogen-bond donors (Lipinski definition) is 0. The highest BCUT2D eigenvalue weighted by Crippen LogP contribution is 2.37. The van der Waals surface area contributed by atoms with Crippen LogP contribution in [0.25, 0.3) is 10.1 Å². The van der Waals surface area contributed by atoms with Crippen LogP contribution < -0.4 is 9.47 Å². The number of hydrogen-bond acceptors (Lipinski definition) is 5. The molecule has 0 radical (unpaired) electrons. The normalized spacial score (nSPS) is 10.6. The number of methoxy groups -OCH3 is 1. The Morgan fingerprint density at radius 2 is 1.88 bits per heavy atom. The molecule has 0 saturated carbocycles. The molecule has 24 heavy (non-hydrogen) atoms. The van der Waals surface area contributed by atoms with E-state index in [4.69, 9.17) is 14.2 Å². The van der Waals surface area contributed by atoms with Gasteiger partial charge in [-0.25, -0.2) is 4.79 Å². The van der Waals surface area contributed by atoms with Crippen molar-refractivity contribution < 1.29 is 19.0 Å². The standard InChI is InChI=1S/C19H18O4S/c1-3-22-19(20)18-10-14-9-16(15(21-2)11-17(14)24-18)23-12-13-7-5-4-6-8-13/h4-11H,3,12H2,1-2H3. The Balaban J connectivity index is 1.88. The minimum atomic E-state index is -0.301. The summed E-state index contributed by atoms with van der Waals surface area (Å²) in [6.07, 6.45) is 0. The molecule has 0 amide bonds. The second kappa shape index (κ2) is 7.36. The summed E-state index contributed by atoms with van der Waals surface area (Å²) in [6.45, 7) is 2.61. The summed E-state index contributed by atoms with van der Waals surface area (Å²) in [7, 11) is 1.61. The van der Waals surface area contributed by atoms with Gasteiger partial charge < -0.3 is 14.2 Å². The number of rotatable bonds is 6. The Morgan fingerprint density at radius 1 is 1.08 bits per heavy atom. The van der Waals surface area contributed by atoms with Crippen LogP contribution in [0.4, 0.5) is 0 Å². The van der Waals surface area contributed by atoms with Crippen LogP contribution in [-0.2, 0) is 11.3 Å². The van der Waals surface area contributed by atoms with Gasteiger partial charge in [-0.3, -0.25) is 0 Å². The Labute approximate surface area is 144 Å². The largest absolute Gasteiger partial charge is 0.493 e. The lowest BCUT2D eigenvalue weighted by atomic mass is 10.2. The predicted octanol–water partition coefficient (Wildman–Crippen LogP) is 4.67. The van der Waals surface area contributed by atoms with Gasteiger partial charge in [-0.15, -0.1) is 11.3 Å². The van der Waals surface area contributed by atoms with Gasteiger partial charge in [0.25, 0.3) is 0 Å². The number of esters is 1. The smallest absolute Gasteiger partial charge is 0.348 e. The molecule has 0 atom stereocenters. The van der Waals surface area contributed by atoms with Gasteiger partial charge in [0.15, 0.2) is 11.5 Å². The molecule has 0 aliphatic carbocycles. The maximum Gasteiger partial charge on any atom is 0.348 e. The number of thiophene rings is 1. The molecule has 0 spiro atoms. The second-order valence-electron chi connectivity index (χ2n) is 5.15. The molecular formula is C19H18O4S. The SMILES string of the molecule is CCOC(=O)c1cc2cc(OCc3ccccc3)c(OC)cc2s1. The average Bonchev–Trinajstić information content (AvgIpc) is 3.03. The van der Waals surface area contributed by atoms with Gasteiger partial charge in [0.05, 0.1) is 13.7 Å². The molecular weight excluding hydrogens is 324 g/mol. The number of benzene rings is 2. The Kier molecular flexibility index (Phi) is 5.01. The summed E-state index contributed by atoms with van der Waals surface area (Å²) in [5.74, 6) is 1.00. The first-order valence-corrected chi connectivity index (χ1v) is 8.48. The summed E-state index contributed by atoms with van der Waals surface area (Å²) in [6, 6.07) is 15.6. The van der Waals surface area contributed by atoms with E-state index >= 15 is 0 Å². The van der Waals surface area contributed by atoms with E-state index in [1.807, 2.05) is 48.5 Å². The van der Waals surface area contributed by atoms with Gasteiger partial charge in [0.2, 0.25) is 0 Å². The first-order valence-electron chi connectivity index (χ1n) is 7.66. The summed E-state index contributed by atoms with van der Waals surface area (Å²) >= 11 is 1.39. The zero-order chi connectivity index (χ0) is 16.9. The van der Waals surface area contributed by atoms with Crippen LogP contribution >= 0.6 is 11.3 Å². The van der Waals surface area contributed by atoms with Crippen LogP contribution in [-0.4, -0.2) is 19.7 Å². The van der Waals surface area contributed by atoms with Crippen LogP contribution in [0.15, 0.2) is 48.5 Å². The van der Waals surface area contributed by atoms with E-state index < -0.39 is 0 Å². The molecule has 0 aliphatic heterocycles. The topological polar surface area (TPSA) is 44.8 Å². The van der Waals surface area contributed by atoms with Crippen LogP contribution in [0.5, 0.6) is 11.5 Å². The maximum atomic E-state index is 11.9. The molecule has 3 rings (SSSR count). The zero-order valence-electron chi connectivity index (χ0n) is 13.6. The minimum Gasteiger partial charge on any atom is -0.493 e. The van der Waals surface area contributed by atoms with Gasteiger partial charge in [-0.05, 0) is 30.0 Å². The van der Waals surface area contributed by atoms with E-state index in [0.717, 1.165) is 15.6 Å². The fraction of sp³-hybridized carbons (Fsp3) is 0.211. The maximum absolute atomic E-state index is 11.9. The van der Waals surface area contributed by atoms with Gasteiger partial charge in [0.1, 0.15) is 11.5 Å². The molecule has 0 aliphatic rings. The predicted molar refractivity (Wildman–Crippen MR) is 95.1 cm³/mol. The van der Waals surface area contributed by atoms with Crippen LogP contribution in [0, 0.1) is 0 Å². The fourth-order valence-electron chi connectivity index (χ4n) is 2.36. The van der Waals surface area contributed by atoms with Crippen molar-refractivity contribution in [1.29, 1.82) is 0 Å². The zero-order valence-corrected chi connectivity index (χ0v) is 14.4. The van der Waals surface area contributed by atoms with Crippen molar-refractivity contribution in [3.05, 3.63) is 59.0 Å². The Hall–Kier alpha value is -2.53. The van der Waals surface area contributed by atoms with E-state index in [2.05, 4.69) is 0 Å². The van der Waals surface area contributed by atoms with Crippen molar-refractivity contribution in [3.63, 3.8) is 0 Å². The quantitative estimate of drug-likeness (QED) is 0.611.